The molecule has 3 N–H and O–H groups in total. The van der Waals surface area contributed by atoms with Crippen LogP contribution in [-0.4, -0.2) is 41.0 Å². The third kappa shape index (κ3) is 3.83. The highest BCUT2D eigenvalue weighted by Gasteiger charge is 2.38. The second-order valence-electron chi connectivity index (χ2n) is 6.99. The number of rotatable bonds is 4. The summed E-state index contributed by atoms with van der Waals surface area (Å²) in [6.45, 7) is 3.09. The molecule has 1 aromatic rings. The number of piperidine rings is 1. The molecule has 1 saturated heterocycles. The zero-order chi connectivity index (χ0) is 16.1. The Morgan fingerprint density at radius 1 is 1.13 bits per heavy atom. The lowest BCUT2D eigenvalue weighted by molar-refractivity contribution is 0.0326. The summed E-state index contributed by atoms with van der Waals surface area (Å²) >= 11 is 0. The number of hydrogen-bond donors (Lipinski definition) is 2. The zero-order valence-electron chi connectivity index (χ0n) is 13.9. The van der Waals surface area contributed by atoms with E-state index in [0.29, 0.717) is 11.4 Å². The summed E-state index contributed by atoms with van der Waals surface area (Å²) in [6.07, 6.45) is 11.7. The Bertz CT molecular complexity index is 516. The number of pyridine rings is 1. The number of nitrogens with zero attached hydrogens (tertiary/aromatic N) is 2. The van der Waals surface area contributed by atoms with Gasteiger partial charge < -0.3 is 11.1 Å². The zero-order valence-corrected chi connectivity index (χ0v) is 13.9. The fourth-order valence-corrected chi connectivity index (χ4v) is 4.06. The first kappa shape index (κ1) is 16.2. The van der Waals surface area contributed by atoms with Crippen molar-refractivity contribution in [3.63, 3.8) is 0 Å². The van der Waals surface area contributed by atoms with Gasteiger partial charge in [-0.1, -0.05) is 25.7 Å². The van der Waals surface area contributed by atoms with Crippen molar-refractivity contribution in [2.24, 2.45) is 0 Å². The number of hydrogen-bond acceptors (Lipinski definition) is 4. The monoisotopic (exact) mass is 316 g/mol. The van der Waals surface area contributed by atoms with Crippen molar-refractivity contribution >= 4 is 11.6 Å². The quantitative estimate of drug-likeness (QED) is 0.895. The fourth-order valence-electron chi connectivity index (χ4n) is 4.06. The first-order chi connectivity index (χ1) is 11.2. The minimum Gasteiger partial charge on any atom is -0.397 e. The molecule has 0 radical (unpaired) electrons. The van der Waals surface area contributed by atoms with Gasteiger partial charge in [0.2, 0.25) is 0 Å². The number of nitrogens with one attached hydrogen (secondary N) is 1. The predicted molar refractivity (Wildman–Crippen MR) is 92.2 cm³/mol. The van der Waals surface area contributed by atoms with Crippen molar-refractivity contribution in [2.75, 3.05) is 25.4 Å². The number of carbonyl (C=O) groups excluding carboxylic acids is 1. The average Bonchev–Trinajstić information content (AvgIpc) is 2.62. The Morgan fingerprint density at radius 3 is 2.48 bits per heavy atom. The van der Waals surface area contributed by atoms with Gasteiger partial charge >= 0.3 is 0 Å². The van der Waals surface area contributed by atoms with Crippen molar-refractivity contribution in [3.8, 4) is 0 Å². The number of carbonyl (C=O) groups is 1. The molecular weight excluding hydrogens is 288 g/mol. The predicted octanol–water partition coefficient (Wildman–Crippen LogP) is 2.58. The number of anilines is 1. The summed E-state index contributed by atoms with van der Waals surface area (Å²) in [7, 11) is 0. The van der Waals surface area contributed by atoms with E-state index in [-0.39, 0.29) is 11.4 Å². The number of aromatic nitrogens is 1. The molecule has 1 saturated carbocycles. The topological polar surface area (TPSA) is 71.2 Å². The molecule has 0 spiro atoms. The van der Waals surface area contributed by atoms with Gasteiger partial charge in [0.1, 0.15) is 5.69 Å². The van der Waals surface area contributed by atoms with Gasteiger partial charge in [-0.2, -0.15) is 0 Å². The van der Waals surface area contributed by atoms with Crippen LogP contribution in [0.5, 0.6) is 0 Å². The SMILES string of the molecule is Nc1ccc(C(=O)NCC2(N3CCCCC3)CCCCC2)nc1. The summed E-state index contributed by atoms with van der Waals surface area (Å²) in [5.41, 5.74) is 6.82. The lowest BCUT2D eigenvalue weighted by atomic mass is 9.79. The van der Waals surface area contributed by atoms with Gasteiger partial charge in [0.15, 0.2) is 0 Å². The van der Waals surface area contributed by atoms with E-state index in [1.165, 1.54) is 70.7 Å². The Balaban J connectivity index is 1.66. The van der Waals surface area contributed by atoms with Crippen LogP contribution in [0.3, 0.4) is 0 Å². The van der Waals surface area contributed by atoms with E-state index in [9.17, 15) is 4.79 Å². The van der Waals surface area contributed by atoms with E-state index in [0.717, 1.165) is 6.54 Å². The second-order valence-corrected chi connectivity index (χ2v) is 6.99. The molecule has 0 aromatic carbocycles. The van der Waals surface area contributed by atoms with E-state index in [4.69, 9.17) is 5.73 Å². The molecule has 1 aliphatic heterocycles. The van der Waals surface area contributed by atoms with Crippen LogP contribution >= 0.6 is 0 Å². The van der Waals surface area contributed by atoms with Gasteiger partial charge in [0, 0.05) is 12.1 Å². The molecule has 0 atom stereocenters. The van der Waals surface area contributed by atoms with E-state index in [1.807, 2.05) is 0 Å². The summed E-state index contributed by atoms with van der Waals surface area (Å²) < 4.78 is 0. The standard InChI is InChI=1S/C18H28N4O/c19-15-7-8-16(20-13-15)17(23)21-14-18(9-3-1-4-10-18)22-11-5-2-6-12-22/h7-8,13H,1-6,9-12,14,19H2,(H,21,23). The molecule has 2 aliphatic rings. The average molecular weight is 316 g/mol. The first-order valence-corrected chi connectivity index (χ1v) is 8.94. The lowest BCUT2D eigenvalue weighted by Crippen LogP contribution is -2.58. The Kier molecular flexibility index (Phi) is 5.16. The largest absolute Gasteiger partial charge is 0.397 e. The molecule has 1 aromatic heterocycles. The molecule has 5 nitrogen and oxygen atoms in total. The Hall–Kier alpha value is -1.62. The molecular formula is C18H28N4O. The summed E-state index contributed by atoms with van der Waals surface area (Å²) in [4.78, 5) is 19.2. The number of amides is 1. The van der Waals surface area contributed by atoms with Crippen LogP contribution in [0.4, 0.5) is 5.69 Å². The van der Waals surface area contributed by atoms with Gasteiger partial charge in [-0.3, -0.25) is 9.69 Å². The smallest absolute Gasteiger partial charge is 0.269 e. The summed E-state index contributed by atoms with van der Waals surface area (Å²) in [6, 6.07) is 3.42. The van der Waals surface area contributed by atoms with Gasteiger partial charge in [-0.05, 0) is 50.9 Å². The molecule has 0 bridgehead atoms. The van der Waals surface area contributed by atoms with E-state index < -0.39 is 0 Å². The van der Waals surface area contributed by atoms with E-state index >= 15 is 0 Å². The fraction of sp³-hybridized carbons (Fsp3) is 0.667. The Morgan fingerprint density at radius 2 is 1.83 bits per heavy atom. The molecule has 2 heterocycles. The van der Waals surface area contributed by atoms with Crippen molar-refractivity contribution in [3.05, 3.63) is 24.0 Å². The van der Waals surface area contributed by atoms with Gasteiger partial charge in [-0.25, -0.2) is 4.98 Å². The van der Waals surface area contributed by atoms with Crippen LogP contribution in [0.1, 0.15) is 61.9 Å². The molecule has 1 aliphatic carbocycles. The lowest BCUT2D eigenvalue weighted by Gasteiger charge is -2.48. The third-order valence-corrected chi connectivity index (χ3v) is 5.41. The van der Waals surface area contributed by atoms with Gasteiger partial charge in [0.05, 0.1) is 11.9 Å². The van der Waals surface area contributed by atoms with Crippen LogP contribution in [0.25, 0.3) is 0 Å². The van der Waals surface area contributed by atoms with Crippen LogP contribution in [-0.2, 0) is 0 Å². The maximum atomic E-state index is 12.4. The molecule has 0 unspecified atom stereocenters. The van der Waals surface area contributed by atoms with E-state index in [1.54, 1.807) is 12.1 Å². The van der Waals surface area contributed by atoms with Crippen LogP contribution in [0, 0.1) is 0 Å². The van der Waals surface area contributed by atoms with Crippen LogP contribution in [0.15, 0.2) is 18.3 Å². The highest BCUT2D eigenvalue weighted by Crippen LogP contribution is 2.35. The number of likely N-dealkylation sites (tertiary alicyclic amines) is 1. The highest BCUT2D eigenvalue weighted by molar-refractivity contribution is 5.92. The second kappa shape index (κ2) is 7.30. The van der Waals surface area contributed by atoms with Crippen molar-refractivity contribution < 1.29 is 4.79 Å². The van der Waals surface area contributed by atoms with Gasteiger partial charge in [-0.15, -0.1) is 0 Å². The maximum Gasteiger partial charge on any atom is 0.269 e. The van der Waals surface area contributed by atoms with E-state index in [2.05, 4.69) is 15.2 Å². The third-order valence-electron chi connectivity index (χ3n) is 5.41. The number of nitrogen functional groups attached to an aromatic ring is 1. The van der Waals surface area contributed by atoms with Crippen molar-refractivity contribution in [2.45, 2.75) is 56.9 Å². The van der Waals surface area contributed by atoms with Crippen LogP contribution in [0.2, 0.25) is 0 Å². The minimum atomic E-state index is -0.0908. The molecule has 126 valence electrons. The summed E-state index contributed by atoms with van der Waals surface area (Å²) in [5.74, 6) is -0.0908. The first-order valence-electron chi connectivity index (χ1n) is 8.94. The minimum absolute atomic E-state index is 0.0908. The van der Waals surface area contributed by atoms with Crippen LogP contribution < -0.4 is 11.1 Å². The van der Waals surface area contributed by atoms with Gasteiger partial charge in [0.25, 0.3) is 5.91 Å². The highest BCUT2D eigenvalue weighted by atomic mass is 16.1. The molecule has 2 fully saturated rings. The maximum absolute atomic E-state index is 12.4. The normalized spacial score (nSPS) is 21.7. The molecule has 3 rings (SSSR count). The molecule has 1 amide bonds. The summed E-state index contributed by atoms with van der Waals surface area (Å²) in [5, 5.41) is 3.14. The Labute approximate surface area is 138 Å². The van der Waals surface area contributed by atoms with Crippen molar-refractivity contribution in [1.82, 2.24) is 15.2 Å². The number of nitrogens with two attached hydrogens (primary N) is 1. The van der Waals surface area contributed by atoms with Crippen molar-refractivity contribution in [1.29, 1.82) is 0 Å². The molecule has 5 heteroatoms. The molecule has 23 heavy (non-hydrogen) atoms.